The van der Waals surface area contributed by atoms with Crippen molar-refractivity contribution in [3.8, 4) is 5.75 Å². The van der Waals surface area contributed by atoms with Gasteiger partial charge in [-0.15, -0.1) is 0 Å². The molecule has 0 bridgehead atoms. The summed E-state index contributed by atoms with van der Waals surface area (Å²) in [7, 11) is 0. The first-order valence-electron chi connectivity index (χ1n) is 6.57. The van der Waals surface area contributed by atoms with E-state index >= 15 is 0 Å². The number of nitrogens with one attached hydrogen (secondary N) is 1. The number of halogens is 2. The third-order valence-corrected chi connectivity index (χ3v) is 3.94. The molecule has 1 N–H and O–H groups in total. The van der Waals surface area contributed by atoms with E-state index < -0.39 is 10.7 Å². The lowest BCUT2D eigenvalue weighted by atomic mass is 10.0. The minimum Gasteiger partial charge on any atom is -0.487 e. The summed E-state index contributed by atoms with van der Waals surface area (Å²) >= 11 is 2.93. The molecule has 1 aliphatic heterocycles. The maximum absolute atomic E-state index is 13.4. The highest BCUT2D eigenvalue weighted by atomic mass is 79.9. The second-order valence-electron chi connectivity index (χ2n) is 4.78. The molecule has 1 aliphatic rings. The summed E-state index contributed by atoms with van der Waals surface area (Å²) in [6, 6.07) is 2.56. The van der Waals surface area contributed by atoms with E-state index in [1.54, 1.807) is 0 Å². The Balaban J connectivity index is 1.97. The summed E-state index contributed by atoms with van der Waals surface area (Å²) in [5.74, 6) is -0.590. The molecule has 0 saturated carbocycles. The molecule has 0 aromatic heterocycles. The van der Waals surface area contributed by atoms with E-state index in [9.17, 15) is 14.5 Å². The molecule has 1 fully saturated rings. The topological polar surface area (TPSA) is 64.4 Å². The van der Waals surface area contributed by atoms with Gasteiger partial charge in [0.15, 0.2) is 5.75 Å². The minimum atomic E-state index is -0.571. The zero-order chi connectivity index (χ0) is 14.5. The number of nitro benzene ring substituents is 1. The fraction of sp³-hybridized carbons (Fsp3) is 0.538. The summed E-state index contributed by atoms with van der Waals surface area (Å²) < 4.78 is 18.9. The molecule has 0 aliphatic carbocycles. The molecule has 5 nitrogen and oxygen atoms in total. The van der Waals surface area contributed by atoms with E-state index in [0.717, 1.165) is 31.5 Å². The highest BCUT2D eigenvalue weighted by Crippen LogP contribution is 2.32. The van der Waals surface area contributed by atoms with Crippen molar-refractivity contribution >= 4 is 21.6 Å². The maximum Gasteiger partial charge on any atom is 0.312 e. The predicted octanol–water partition coefficient (Wildman–Crippen LogP) is 3.41. The van der Waals surface area contributed by atoms with Crippen LogP contribution in [0.15, 0.2) is 16.6 Å². The van der Waals surface area contributed by atoms with Crippen LogP contribution < -0.4 is 10.1 Å². The average molecular weight is 347 g/mol. The highest BCUT2D eigenvalue weighted by molar-refractivity contribution is 9.10. The summed E-state index contributed by atoms with van der Waals surface area (Å²) in [6.45, 7) is 1.33. The predicted molar refractivity (Wildman–Crippen MR) is 76.5 cm³/mol. The Morgan fingerprint density at radius 1 is 1.50 bits per heavy atom. The first kappa shape index (κ1) is 15.2. The van der Waals surface area contributed by atoms with Gasteiger partial charge in [-0.05, 0) is 41.7 Å². The van der Waals surface area contributed by atoms with Crippen LogP contribution in [-0.4, -0.2) is 24.1 Å². The molecular formula is C13H16BrFN2O3. The zero-order valence-electron chi connectivity index (χ0n) is 10.9. The Hall–Kier alpha value is -1.21. The second-order valence-corrected chi connectivity index (χ2v) is 5.63. The third-order valence-electron chi connectivity index (χ3n) is 3.33. The van der Waals surface area contributed by atoms with E-state index in [1.807, 2.05) is 0 Å². The number of rotatable bonds is 5. The standard InChI is InChI=1S/C13H16BrFN2O3/c14-10-7-12(17(18)19)13(8-11(10)15)20-6-4-9-3-1-2-5-16-9/h7-9,16H,1-6H2. The van der Waals surface area contributed by atoms with Gasteiger partial charge in [-0.1, -0.05) is 6.42 Å². The van der Waals surface area contributed by atoms with Gasteiger partial charge in [0.25, 0.3) is 0 Å². The van der Waals surface area contributed by atoms with Crippen molar-refractivity contribution < 1.29 is 14.1 Å². The summed E-state index contributed by atoms with van der Waals surface area (Å²) in [4.78, 5) is 10.3. The van der Waals surface area contributed by atoms with Crippen molar-refractivity contribution in [1.82, 2.24) is 5.32 Å². The first-order chi connectivity index (χ1) is 9.58. The van der Waals surface area contributed by atoms with Gasteiger partial charge in [0.1, 0.15) is 5.82 Å². The highest BCUT2D eigenvalue weighted by Gasteiger charge is 2.19. The van der Waals surface area contributed by atoms with Crippen LogP contribution in [-0.2, 0) is 0 Å². The Labute approximate surface area is 124 Å². The summed E-state index contributed by atoms with van der Waals surface area (Å²) in [5.41, 5.74) is -0.227. The Bertz CT molecular complexity index is 493. The molecule has 1 atom stereocenters. The lowest BCUT2D eigenvalue weighted by molar-refractivity contribution is -0.386. The van der Waals surface area contributed by atoms with Gasteiger partial charge in [0, 0.05) is 18.2 Å². The Morgan fingerprint density at radius 2 is 2.30 bits per heavy atom. The molecule has 1 aromatic carbocycles. The second kappa shape index (κ2) is 6.99. The number of nitrogens with zero attached hydrogens (tertiary/aromatic N) is 1. The Morgan fingerprint density at radius 3 is 2.95 bits per heavy atom. The van der Waals surface area contributed by atoms with Crippen LogP contribution in [0.3, 0.4) is 0 Å². The van der Waals surface area contributed by atoms with Crippen molar-refractivity contribution in [2.45, 2.75) is 31.7 Å². The van der Waals surface area contributed by atoms with Crippen LogP contribution in [0.4, 0.5) is 10.1 Å². The zero-order valence-corrected chi connectivity index (χ0v) is 12.5. The molecule has 110 valence electrons. The van der Waals surface area contributed by atoms with E-state index in [-0.39, 0.29) is 15.9 Å². The van der Waals surface area contributed by atoms with E-state index in [1.165, 1.54) is 12.8 Å². The largest absolute Gasteiger partial charge is 0.487 e. The number of hydrogen-bond acceptors (Lipinski definition) is 4. The van der Waals surface area contributed by atoms with Crippen LogP contribution in [0.2, 0.25) is 0 Å². The monoisotopic (exact) mass is 346 g/mol. The summed E-state index contributed by atoms with van der Waals surface area (Å²) in [6.07, 6.45) is 4.21. The molecule has 0 spiro atoms. The fourth-order valence-electron chi connectivity index (χ4n) is 2.26. The number of hydrogen-bond donors (Lipinski definition) is 1. The fourth-order valence-corrected chi connectivity index (χ4v) is 2.59. The minimum absolute atomic E-state index is 0.0218. The first-order valence-corrected chi connectivity index (χ1v) is 7.37. The quantitative estimate of drug-likeness (QED) is 0.655. The molecule has 1 aromatic rings. The van der Waals surface area contributed by atoms with Crippen molar-refractivity contribution in [1.29, 1.82) is 0 Å². The van der Waals surface area contributed by atoms with E-state index in [2.05, 4.69) is 21.2 Å². The molecule has 1 unspecified atom stereocenters. The molecule has 1 saturated heterocycles. The van der Waals surface area contributed by atoms with E-state index in [4.69, 9.17) is 4.74 Å². The molecule has 7 heteroatoms. The van der Waals surface area contributed by atoms with Crippen LogP contribution in [0.5, 0.6) is 5.75 Å². The Kier molecular flexibility index (Phi) is 5.31. The number of benzene rings is 1. The van der Waals surface area contributed by atoms with Gasteiger partial charge in [-0.3, -0.25) is 10.1 Å². The van der Waals surface area contributed by atoms with Crippen LogP contribution in [0, 0.1) is 15.9 Å². The molecular weight excluding hydrogens is 331 g/mol. The van der Waals surface area contributed by atoms with E-state index in [0.29, 0.717) is 12.6 Å². The lowest BCUT2D eigenvalue weighted by Crippen LogP contribution is -2.35. The maximum atomic E-state index is 13.4. The van der Waals surface area contributed by atoms with Crippen molar-refractivity contribution in [3.05, 3.63) is 32.5 Å². The average Bonchev–Trinajstić information content (AvgIpc) is 2.43. The smallest absolute Gasteiger partial charge is 0.312 e. The normalized spacial score (nSPS) is 18.8. The van der Waals surface area contributed by atoms with Crippen LogP contribution >= 0.6 is 15.9 Å². The number of piperidine rings is 1. The van der Waals surface area contributed by atoms with Gasteiger partial charge in [-0.25, -0.2) is 4.39 Å². The van der Waals surface area contributed by atoms with Crippen molar-refractivity contribution in [2.75, 3.05) is 13.2 Å². The molecule has 1 heterocycles. The van der Waals surface area contributed by atoms with Crippen LogP contribution in [0.25, 0.3) is 0 Å². The molecule has 0 radical (unpaired) electrons. The van der Waals surface area contributed by atoms with Crippen molar-refractivity contribution in [3.63, 3.8) is 0 Å². The van der Waals surface area contributed by atoms with Gasteiger partial charge < -0.3 is 10.1 Å². The number of nitro groups is 1. The van der Waals surface area contributed by atoms with Gasteiger partial charge >= 0.3 is 5.69 Å². The van der Waals surface area contributed by atoms with Crippen molar-refractivity contribution in [2.24, 2.45) is 0 Å². The SMILES string of the molecule is O=[N+]([O-])c1cc(Br)c(F)cc1OCCC1CCCCN1. The number of ether oxygens (including phenoxy) is 1. The summed E-state index contributed by atoms with van der Waals surface area (Å²) in [5, 5.41) is 14.3. The van der Waals surface area contributed by atoms with Gasteiger partial charge in [0.2, 0.25) is 0 Å². The third kappa shape index (κ3) is 3.89. The van der Waals surface area contributed by atoms with Gasteiger partial charge in [-0.2, -0.15) is 0 Å². The molecule has 2 rings (SSSR count). The van der Waals surface area contributed by atoms with Crippen LogP contribution in [0.1, 0.15) is 25.7 Å². The molecule has 20 heavy (non-hydrogen) atoms. The van der Waals surface area contributed by atoms with Gasteiger partial charge in [0.05, 0.1) is 16.0 Å². The molecule has 0 amide bonds. The lowest BCUT2D eigenvalue weighted by Gasteiger charge is -2.23.